The van der Waals surface area contributed by atoms with Crippen molar-refractivity contribution in [3.63, 3.8) is 0 Å². The molecule has 1 saturated carbocycles. The van der Waals surface area contributed by atoms with Crippen LogP contribution in [0.15, 0.2) is 28.1 Å². The SMILES string of the molecule is CC1CCCC(N)(c2nc(-c3ccc(Br)cc3Cl)cs2)C1. The van der Waals surface area contributed by atoms with Gasteiger partial charge in [-0.05, 0) is 30.9 Å². The van der Waals surface area contributed by atoms with Gasteiger partial charge in [0.1, 0.15) is 5.01 Å². The number of rotatable bonds is 2. The van der Waals surface area contributed by atoms with Gasteiger partial charge in [0.2, 0.25) is 0 Å². The van der Waals surface area contributed by atoms with E-state index < -0.39 is 0 Å². The molecular weight excluding hydrogens is 368 g/mol. The van der Waals surface area contributed by atoms with Gasteiger partial charge in [-0.3, -0.25) is 0 Å². The Balaban J connectivity index is 1.92. The summed E-state index contributed by atoms with van der Waals surface area (Å²) in [4.78, 5) is 4.79. The zero-order valence-electron chi connectivity index (χ0n) is 11.9. The third-order valence-electron chi connectivity index (χ3n) is 4.17. The van der Waals surface area contributed by atoms with Crippen molar-refractivity contribution in [3.05, 3.63) is 38.1 Å². The quantitative estimate of drug-likeness (QED) is 0.731. The van der Waals surface area contributed by atoms with Crippen molar-refractivity contribution in [2.75, 3.05) is 0 Å². The number of thiazole rings is 1. The maximum Gasteiger partial charge on any atom is 0.113 e. The molecule has 0 saturated heterocycles. The maximum absolute atomic E-state index is 6.63. The van der Waals surface area contributed by atoms with Crippen molar-refractivity contribution < 1.29 is 0 Å². The van der Waals surface area contributed by atoms with Crippen molar-refractivity contribution in [2.24, 2.45) is 11.7 Å². The molecule has 0 bridgehead atoms. The number of aromatic nitrogens is 1. The van der Waals surface area contributed by atoms with Crippen LogP contribution in [0.1, 0.15) is 37.6 Å². The molecule has 1 fully saturated rings. The van der Waals surface area contributed by atoms with E-state index in [-0.39, 0.29) is 5.54 Å². The Bertz CT molecular complexity index is 657. The molecular formula is C16H18BrClN2S. The normalized spacial score (nSPS) is 26.0. The fourth-order valence-corrected chi connectivity index (χ4v) is 4.85. The van der Waals surface area contributed by atoms with Crippen LogP contribution in [0.25, 0.3) is 11.3 Å². The molecule has 1 aromatic heterocycles. The van der Waals surface area contributed by atoms with Crippen LogP contribution < -0.4 is 5.73 Å². The molecule has 2 N–H and O–H groups in total. The van der Waals surface area contributed by atoms with Gasteiger partial charge in [-0.15, -0.1) is 11.3 Å². The molecule has 0 aliphatic heterocycles. The maximum atomic E-state index is 6.63. The summed E-state index contributed by atoms with van der Waals surface area (Å²) in [6.45, 7) is 2.28. The third-order valence-corrected chi connectivity index (χ3v) is 6.04. The average Bonchev–Trinajstić information content (AvgIpc) is 2.88. The van der Waals surface area contributed by atoms with Gasteiger partial charge >= 0.3 is 0 Å². The van der Waals surface area contributed by atoms with Gasteiger partial charge in [-0.2, -0.15) is 0 Å². The van der Waals surface area contributed by atoms with Gasteiger partial charge in [0.25, 0.3) is 0 Å². The first kappa shape index (κ1) is 15.5. The fourth-order valence-electron chi connectivity index (χ4n) is 3.11. The summed E-state index contributed by atoms with van der Waals surface area (Å²) < 4.78 is 0.975. The van der Waals surface area contributed by atoms with Gasteiger partial charge in [0.15, 0.2) is 0 Å². The number of nitrogens with zero attached hydrogens (tertiary/aromatic N) is 1. The van der Waals surface area contributed by atoms with E-state index in [4.69, 9.17) is 22.3 Å². The van der Waals surface area contributed by atoms with Crippen LogP contribution >= 0.6 is 38.9 Å². The van der Waals surface area contributed by atoms with E-state index in [1.165, 1.54) is 12.8 Å². The summed E-state index contributed by atoms with van der Waals surface area (Å²) in [7, 11) is 0. The van der Waals surface area contributed by atoms with Gasteiger partial charge < -0.3 is 5.73 Å². The molecule has 1 aromatic carbocycles. The van der Waals surface area contributed by atoms with Gasteiger partial charge in [-0.1, -0.05) is 53.4 Å². The smallest absolute Gasteiger partial charge is 0.113 e. The van der Waals surface area contributed by atoms with Crippen LogP contribution in [0.5, 0.6) is 0 Å². The molecule has 3 rings (SSSR count). The highest BCUT2D eigenvalue weighted by Crippen LogP contribution is 2.40. The van der Waals surface area contributed by atoms with E-state index in [1.54, 1.807) is 11.3 Å². The number of benzene rings is 1. The Hall–Kier alpha value is -0.420. The molecule has 2 aromatic rings. The summed E-state index contributed by atoms with van der Waals surface area (Å²) >= 11 is 11.4. The number of hydrogen-bond acceptors (Lipinski definition) is 3. The molecule has 0 radical (unpaired) electrons. The van der Waals surface area contributed by atoms with Crippen LogP contribution in [0, 0.1) is 5.92 Å². The summed E-state index contributed by atoms with van der Waals surface area (Å²) in [6.07, 6.45) is 4.51. The molecule has 21 heavy (non-hydrogen) atoms. The van der Waals surface area contributed by atoms with Crippen LogP contribution in [0.3, 0.4) is 0 Å². The average molecular weight is 386 g/mol. The molecule has 1 aliphatic carbocycles. The first-order valence-electron chi connectivity index (χ1n) is 7.18. The summed E-state index contributed by atoms with van der Waals surface area (Å²) in [5.41, 5.74) is 8.26. The molecule has 2 unspecified atom stereocenters. The second kappa shape index (κ2) is 5.99. The zero-order chi connectivity index (χ0) is 15.0. The highest BCUT2D eigenvalue weighted by Gasteiger charge is 2.35. The molecule has 2 nitrogen and oxygen atoms in total. The van der Waals surface area contributed by atoms with Crippen molar-refractivity contribution >= 4 is 38.9 Å². The Kier molecular flexibility index (Phi) is 4.42. The second-order valence-corrected chi connectivity index (χ2v) is 8.20. The number of nitrogens with two attached hydrogens (primary N) is 1. The van der Waals surface area contributed by atoms with E-state index in [9.17, 15) is 0 Å². The van der Waals surface area contributed by atoms with Crippen molar-refractivity contribution in [2.45, 2.75) is 38.1 Å². The predicted molar refractivity (Wildman–Crippen MR) is 93.8 cm³/mol. The van der Waals surface area contributed by atoms with Gasteiger partial charge in [0.05, 0.1) is 16.3 Å². The summed E-state index contributed by atoms with van der Waals surface area (Å²) in [6, 6.07) is 5.88. The van der Waals surface area contributed by atoms with Crippen molar-refractivity contribution in [3.8, 4) is 11.3 Å². The summed E-state index contributed by atoms with van der Waals surface area (Å²) in [5, 5.41) is 3.82. The lowest BCUT2D eigenvalue weighted by atomic mass is 9.77. The Morgan fingerprint density at radius 2 is 2.29 bits per heavy atom. The van der Waals surface area contributed by atoms with Gasteiger partial charge in [0, 0.05) is 15.4 Å². The minimum atomic E-state index is -0.261. The molecule has 1 aliphatic rings. The Morgan fingerprint density at radius 3 is 3.00 bits per heavy atom. The standard InChI is InChI=1S/C16H18BrClN2S/c1-10-3-2-6-16(19,8-10)15-20-14(9-21-15)12-5-4-11(17)7-13(12)18/h4-5,7,9-10H,2-3,6,8,19H2,1H3. The topological polar surface area (TPSA) is 38.9 Å². The van der Waals surface area contributed by atoms with Crippen molar-refractivity contribution in [1.29, 1.82) is 0 Å². The molecule has 1 heterocycles. The lowest BCUT2D eigenvalue weighted by Gasteiger charge is -2.35. The Morgan fingerprint density at radius 1 is 1.48 bits per heavy atom. The van der Waals surface area contributed by atoms with E-state index >= 15 is 0 Å². The van der Waals surface area contributed by atoms with Crippen LogP contribution in [-0.4, -0.2) is 4.98 Å². The molecule has 0 spiro atoms. The van der Waals surface area contributed by atoms with Crippen LogP contribution in [0.4, 0.5) is 0 Å². The van der Waals surface area contributed by atoms with E-state index in [0.29, 0.717) is 10.9 Å². The van der Waals surface area contributed by atoms with Crippen LogP contribution in [0.2, 0.25) is 5.02 Å². The van der Waals surface area contributed by atoms with Crippen LogP contribution in [-0.2, 0) is 5.54 Å². The number of halogens is 2. The third kappa shape index (κ3) is 3.19. The highest BCUT2D eigenvalue weighted by molar-refractivity contribution is 9.10. The Labute approximate surface area is 142 Å². The zero-order valence-corrected chi connectivity index (χ0v) is 15.1. The first-order chi connectivity index (χ1) is 9.98. The monoisotopic (exact) mass is 384 g/mol. The lowest BCUT2D eigenvalue weighted by Crippen LogP contribution is -2.40. The highest BCUT2D eigenvalue weighted by atomic mass is 79.9. The number of hydrogen-bond donors (Lipinski definition) is 1. The van der Waals surface area contributed by atoms with E-state index in [0.717, 1.165) is 33.6 Å². The molecule has 5 heteroatoms. The predicted octanol–water partition coefficient (Wildman–Crippen LogP) is 5.59. The van der Waals surface area contributed by atoms with Gasteiger partial charge in [-0.25, -0.2) is 4.98 Å². The van der Waals surface area contributed by atoms with Crippen molar-refractivity contribution in [1.82, 2.24) is 4.98 Å². The van der Waals surface area contributed by atoms with E-state index in [2.05, 4.69) is 28.2 Å². The summed E-state index contributed by atoms with van der Waals surface area (Å²) in [5.74, 6) is 0.673. The molecule has 0 amide bonds. The van der Waals surface area contributed by atoms with E-state index in [1.807, 2.05) is 18.2 Å². The minimum Gasteiger partial charge on any atom is -0.319 e. The second-order valence-electron chi connectivity index (χ2n) is 6.02. The molecule has 112 valence electrons. The lowest BCUT2D eigenvalue weighted by molar-refractivity contribution is 0.238. The largest absolute Gasteiger partial charge is 0.319 e. The fraction of sp³-hybridized carbons (Fsp3) is 0.438. The first-order valence-corrected chi connectivity index (χ1v) is 9.23. The minimum absolute atomic E-state index is 0.261. The molecule has 2 atom stereocenters.